The fourth-order valence-corrected chi connectivity index (χ4v) is 2.30. The van der Waals surface area contributed by atoms with Crippen LogP contribution in [0.25, 0.3) is 0 Å². The van der Waals surface area contributed by atoms with Crippen LogP contribution in [0, 0.1) is 0 Å². The Morgan fingerprint density at radius 1 is 1.33 bits per heavy atom. The Hall–Kier alpha value is -1.39. The maximum absolute atomic E-state index is 11.7. The van der Waals surface area contributed by atoms with Gasteiger partial charge in [-0.05, 0) is 12.8 Å². The standard InChI is InChI=1S/C10H14N2O3/c1-7(13)12-4-2-10(3-5-12)8(14)6-9(15)11-10/h2-6H2,1H3,(H,11,15). The van der Waals surface area contributed by atoms with Crippen LogP contribution in [0.5, 0.6) is 0 Å². The molecule has 2 fully saturated rings. The van der Waals surface area contributed by atoms with Crippen LogP contribution in [-0.4, -0.2) is 41.1 Å². The normalized spacial score (nSPS) is 24.5. The zero-order valence-corrected chi connectivity index (χ0v) is 8.71. The van der Waals surface area contributed by atoms with E-state index in [1.165, 1.54) is 6.92 Å². The highest BCUT2D eigenvalue weighted by Gasteiger charge is 2.47. The number of amides is 2. The largest absolute Gasteiger partial charge is 0.343 e. The SMILES string of the molecule is CC(=O)N1CCC2(CC1)NC(=O)CC2=O. The molecule has 5 nitrogen and oxygen atoms in total. The van der Waals surface area contributed by atoms with Gasteiger partial charge in [0.2, 0.25) is 11.8 Å². The Balaban J connectivity index is 2.06. The van der Waals surface area contributed by atoms with Gasteiger partial charge in [-0.25, -0.2) is 0 Å². The molecule has 15 heavy (non-hydrogen) atoms. The van der Waals surface area contributed by atoms with Crippen molar-refractivity contribution in [3.05, 3.63) is 0 Å². The molecule has 1 N–H and O–H groups in total. The second kappa shape index (κ2) is 3.32. The van der Waals surface area contributed by atoms with E-state index in [0.717, 1.165) is 0 Å². The van der Waals surface area contributed by atoms with Gasteiger partial charge in [-0.1, -0.05) is 0 Å². The van der Waals surface area contributed by atoms with Gasteiger partial charge in [0.25, 0.3) is 0 Å². The first kappa shape index (κ1) is 10.1. The minimum atomic E-state index is -0.664. The summed E-state index contributed by atoms with van der Waals surface area (Å²) >= 11 is 0. The number of Topliss-reactive ketones (excluding diaryl/α,β-unsaturated/α-hetero) is 1. The zero-order valence-electron chi connectivity index (χ0n) is 8.71. The molecule has 2 aliphatic rings. The quantitative estimate of drug-likeness (QED) is 0.546. The lowest BCUT2D eigenvalue weighted by atomic mass is 9.85. The van der Waals surface area contributed by atoms with E-state index in [1.54, 1.807) is 4.90 Å². The number of nitrogens with zero attached hydrogens (tertiary/aromatic N) is 1. The number of ketones is 1. The number of carbonyl (C=O) groups is 3. The number of nitrogens with one attached hydrogen (secondary N) is 1. The molecular weight excluding hydrogens is 196 g/mol. The third-order valence-electron chi connectivity index (χ3n) is 3.30. The maximum Gasteiger partial charge on any atom is 0.228 e. The highest BCUT2D eigenvalue weighted by atomic mass is 16.2. The molecule has 5 heteroatoms. The Morgan fingerprint density at radius 2 is 1.93 bits per heavy atom. The van der Waals surface area contributed by atoms with Crippen molar-refractivity contribution >= 4 is 17.6 Å². The van der Waals surface area contributed by atoms with E-state index < -0.39 is 5.54 Å². The summed E-state index contributed by atoms with van der Waals surface area (Å²) < 4.78 is 0. The van der Waals surface area contributed by atoms with Crippen molar-refractivity contribution in [2.75, 3.05) is 13.1 Å². The van der Waals surface area contributed by atoms with Crippen LogP contribution < -0.4 is 5.32 Å². The average Bonchev–Trinajstić information content (AvgIpc) is 2.42. The summed E-state index contributed by atoms with van der Waals surface area (Å²) in [6.07, 6.45) is 1.11. The predicted molar refractivity (Wildman–Crippen MR) is 52.0 cm³/mol. The first-order chi connectivity index (χ1) is 7.03. The van der Waals surface area contributed by atoms with Crippen LogP contribution in [0.1, 0.15) is 26.2 Å². The number of piperidine rings is 1. The molecule has 0 bridgehead atoms. The van der Waals surface area contributed by atoms with Crippen molar-refractivity contribution in [2.45, 2.75) is 31.7 Å². The summed E-state index contributed by atoms with van der Waals surface area (Å²) in [5.41, 5.74) is -0.664. The second-order valence-electron chi connectivity index (χ2n) is 4.24. The number of carbonyl (C=O) groups excluding carboxylic acids is 3. The van der Waals surface area contributed by atoms with E-state index in [1.807, 2.05) is 0 Å². The molecule has 1 spiro atoms. The van der Waals surface area contributed by atoms with Crippen LogP contribution >= 0.6 is 0 Å². The average molecular weight is 210 g/mol. The molecule has 0 atom stereocenters. The molecule has 2 heterocycles. The van der Waals surface area contributed by atoms with E-state index in [-0.39, 0.29) is 24.0 Å². The number of rotatable bonds is 0. The minimum absolute atomic E-state index is 0.0000709. The third kappa shape index (κ3) is 1.62. The van der Waals surface area contributed by atoms with Crippen LogP contribution in [0.4, 0.5) is 0 Å². The van der Waals surface area contributed by atoms with Crippen LogP contribution in [0.2, 0.25) is 0 Å². The number of hydrogen-bond donors (Lipinski definition) is 1. The Morgan fingerprint density at radius 3 is 2.33 bits per heavy atom. The maximum atomic E-state index is 11.7. The highest BCUT2D eigenvalue weighted by Crippen LogP contribution is 2.28. The summed E-state index contributed by atoms with van der Waals surface area (Å²) in [4.78, 5) is 35.6. The summed E-state index contributed by atoms with van der Waals surface area (Å²) in [5.74, 6) is -0.173. The predicted octanol–water partition coefficient (Wildman–Crippen LogP) is -0.543. The van der Waals surface area contributed by atoms with Crippen molar-refractivity contribution in [1.29, 1.82) is 0 Å². The van der Waals surface area contributed by atoms with Crippen LogP contribution in [-0.2, 0) is 14.4 Å². The first-order valence-electron chi connectivity index (χ1n) is 5.13. The minimum Gasteiger partial charge on any atom is -0.343 e. The molecule has 0 aromatic rings. The topological polar surface area (TPSA) is 66.5 Å². The molecule has 0 aliphatic carbocycles. The molecule has 0 radical (unpaired) electrons. The third-order valence-corrected chi connectivity index (χ3v) is 3.30. The van der Waals surface area contributed by atoms with Gasteiger partial charge in [-0.2, -0.15) is 0 Å². The fraction of sp³-hybridized carbons (Fsp3) is 0.700. The van der Waals surface area contributed by atoms with Crippen LogP contribution in [0.15, 0.2) is 0 Å². The Bertz CT molecular complexity index is 330. The summed E-state index contributed by atoms with van der Waals surface area (Å²) in [6, 6.07) is 0. The number of hydrogen-bond acceptors (Lipinski definition) is 3. The zero-order chi connectivity index (χ0) is 11.1. The Kier molecular flexibility index (Phi) is 2.25. The molecule has 0 unspecified atom stereocenters. The molecule has 2 amide bonds. The van der Waals surface area contributed by atoms with Crippen molar-refractivity contribution < 1.29 is 14.4 Å². The summed E-state index contributed by atoms with van der Waals surface area (Å²) in [5, 5.41) is 2.75. The van der Waals surface area contributed by atoms with E-state index in [9.17, 15) is 14.4 Å². The summed E-state index contributed by atoms with van der Waals surface area (Å²) in [6.45, 7) is 2.63. The molecular formula is C10H14N2O3. The molecule has 2 rings (SSSR count). The van der Waals surface area contributed by atoms with E-state index in [0.29, 0.717) is 25.9 Å². The fourth-order valence-electron chi connectivity index (χ4n) is 2.30. The number of likely N-dealkylation sites (tertiary alicyclic amines) is 1. The highest BCUT2D eigenvalue weighted by molar-refractivity contribution is 6.10. The van der Waals surface area contributed by atoms with Crippen molar-refractivity contribution in [1.82, 2.24) is 10.2 Å². The van der Waals surface area contributed by atoms with Crippen LogP contribution in [0.3, 0.4) is 0 Å². The molecule has 0 aromatic heterocycles. The van der Waals surface area contributed by atoms with Crippen molar-refractivity contribution in [3.63, 3.8) is 0 Å². The van der Waals surface area contributed by atoms with Gasteiger partial charge in [-0.15, -0.1) is 0 Å². The molecule has 2 aliphatic heterocycles. The molecule has 0 aromatic carbocycles. The lowest BCUT2D eigenvalue weighted by molar-refractivity contribution is -0.133. The smallest absolute Gasteiger partial charge is 0.228 e. The van der Waals surface area contributed by atoms with Gasteiger partial charge >= 0.3 is 0 Å². The first-order valence-corrected chi connectivity index (χ1v) is 5.13. The van der Waals surface area contributed by atoms with Gasteiger partial charge in [0.1, 0.15) is 5.54 Å². The lowest BCUT2D eigenvalue weighted by Gasteiger charge is -2.37. The Labute approximate surface area is 87.8 Å². The molecule has 82 valence electrons. The molecule has 0 saturated carbocycles. The van der Waals surface area contributed by atoms with E-state index >= 15 is 0 Å². The van der Waals surface area contributed by atoms with Gasteiger partial charge in [0.05, 0.1) is 6.42 Å². The molecule has 2 saturated heterocycles. The van der Waals surface area contributed by atoms with Crippen molar-refractivity contribution in [3.8, 4) is 0 Å². The monoisotopic (exact) mass is 210 g/mol. The van der Waals surface area contributed by atoms with Crippen molar-refractivity contribution in [2.24, 2.45) is 0 Å². The van der Waals surface area contributed by atoms with Gasteiger partial charge in [-0.3, -0.25) is 14.4 Å². The van der Waals surface area contributed by atoms with E-state index in [4.69, 9.17) is 0 Å². The van der Waals surface area contributed by atoms with Gasteiger partial charge in [0.15, 0.2) is 5.78 Å². The summed E-state index contributed by atoms with van der Waals surface area (Å²) in [7, 11) is 0. The van der Waals surface area contributed by atoms with E-state index in [2.05, 4.69) is 5.32 Å². The van der Waals surface area contributed by atoms with Gasteiger partial charge in [0, 0.05) is 20.0 Å². The van der Waals surface area contributed by atoms with Gasteiger partial charge < -0.3 is 10.2 Å². The second-order valence-corrected chi connectivity index (χ2v) is 4.24. The lowest BCUT2D eigenvalue weighted by Crippen LogP contribution is -2.55.